The first-order valence-corrected chi connectivity index (χ1v) is 9.01. The third-order valence-electron chi connectivity index (χ3n) is 4.52. The minimum atomic E-state index is 0.737. The van der Waals surface area contributed by atoms with Crippen LogP contribution in [0.3, 0.4) is 0 Å². The summed E-state index contributed by atoms with van der Waals surface area (Å²) < 4.78 is 0. The molecule has 0 radical (unpaired) electrons. The molecule has 2 aliphatic heterocycles. The van der Waals surface area contributed by atoms with Crippen molar-refractivity contribution >= 4 is 40.3 Å². The Morgan fingerprint density at radius 2 is 1.92 bits per heavy atom. The van der Waals surface area contributed by atoms with Gasteiger partial charge in [0.25, 0.3) is 0 Å². The fourth-order valence-corrected chi connectivity index (χ4v) is 3.85. The number of hydrogen-bond acceptors (Lipinski definition) is 2. The third kappa shape index (κ3) is 2.92. The summed E-state index contributed by atoms with van der Waals surface area (Å²) in [6, 6.07) is 16.4. The lowest BCUT2D eigenvalue weighted by Gasteiger charge is -2.33. The van der Waals surface area contributed by atoms with Gasteiger partial charge in [0.05, 0.1) is 5.71 Å². The van der Waals surface area contributed by atoms with Crippen LogP contribution < -0.4 is 4.90 Å². The van der Waals surface area contributed by atoms with Crippen LogP contribution in [-0.4, -0.2) is 28.9 Å². The van der Waals surface area contributed by atoms with Crippen molar-refractivity contribution in [2.24, 2.45) is 5.10 Å². The molecular formula is C19H18ClN3S. The van der Waals surface area contributed by atoms with Gasteiger partial charge in [-0.15, -0.1) is 0 Å². The maximum Gasteiger partial charge on any atom is 0.196 e. The van der Waals surface area contributed by atoms with E-state index in [4.69, 9.17) is 28.9 Å². The van der Waals surface area contributed by atoms with Crippen LogP contribution in [0.2, 0.25) is 5.02 Å². The first kappa shape index (κ1) is 15.6. The van der Waals surface area contributed by atoms with Crippen molar-refractivity contribution in [3.63, 3.8) is 0 Å². The number of hydrazone groups is 1. The molecule has 0 amide bonds. The summed E-state index contributed by atoms with van der Waals surface area (Å²) in [6.07, 6.45) is 3.12. The number of nitrogens with zero attached hydrogens (tertiary/aromatic N) is 3. The van der Waals surface area contributed by atoms with Gasteiger partial charge < -0.3 is 4.90 Å². The second-order valence-corrected chi connectivity index (χ2v) is 6.90. The lowest BCUT2D eigenvalue weighted by molar-refractivity contribution is 0.487. The van der Waals surface area contributed by atoms with Gasteiger partial charge in [-0.2, -0.15) is 5.10 Å². The van der Waals surface area contributed by atoms with E-state index in [1.54, 1.807) is 0 Å². The van der Waals surface area contributed by atoms with Crippen LogP contribution in [0.1, 0.15) is 24.0 Å². The average Bonchev–Trinajstić information content (AvgIpc) is 3.11. The van der Waals surface area contributed by atoms with Crippen LogP contribution in [0.4, 0.5) is 5.69 Å². The van der Waals surface area contributed by atoms with E-state index in [-0.39, 0.29) is 0 Å². The van der Waals surface area contributed by atoms with Crippen LogP contribution in [0.15, 0.2) is 53.6 Å². The van der Waals surface area contributed by atoms with E-state index in [0.717, 1.165) is 53.8 Å². The molecule has 2 aromatic rings. The Kier molecular flexibility index (Phi) is 4.25. The first-order chi connectivity index (χ1) is 11.7. The lowest BCUT2D eigenvalue weighted by Crippen LogP contribution is -2.42. The molecule has 122 valence electrons. The number of rotatable bonds is 1. The summed E-state index contributed by atoms with van der Waals surface area (Å²) in [7, 11) is 0. The zero-order valence-corrected chi connectivity index (χ0v) is 14.9. The lowest BCUT2D eigenvalue weighted by atomic mass is 10.0. The molecule has 0 N–H and O–H groups in total. The Morgan fingerprint density at radius 3 is 2.79 bits per heavy atom. The number of halogens is 1. The van der Waals surface area contributed by atoms with Gasteiger partial charge in [-0.1, -0.05) is 41.9 Å². The molecule has 2 aliphatic rings. The molecule has 4 rings (SSSR count). The largest absolute Gasteiger partial charge is 0.317 e. The van der Waals surface area contributed by atoms with E-state index >= 15 is 0 Å². The van der Waals surface area contributed by atoms with E-state index in [1.165, 1.54) is 11.3 Å². The van der Waals surface area contributed by atoms with Crippen LogP contribution in [0.5, 0.6) is 0 Å². The Bertz CT molecular complexity index is 818. The van der Waals surface area contributed by atoms with Crippen molar-refractivity contribution in [3.05, 3.63) is 64.7 Å². The van der Waals surface area contributed by atoms with Gasteiger partial charge in [0, 0.05) is 30.2 Å². The summed E-state index contributed by atoms with van der Waals surface area (Å²) in [6.45, 7) is 1.77. The predicted octanol–water partition coefficient (Wildman–Crippen LogP) is 4.49. The van der Waals surface area contributed by atoms with Crippen molar-refractivity contribution in [2.75, 3.05) is 18.0 Å². The molecule has 5 heteroatoms. The zero-order chi connectivity index (χ0) is 16.5. The van der Waals surface area contributed by atoms with Gasteiger partial charge in [-0.05, 0) is 54.4 Å². The smallest absolute Gasteiger partial charge is 0.196 e. The molecular weight excluding hydrogens is 338 g/mol. The molecule has 0 aliphatic carbocycles. The fourth-order valence-electron chi connectivity index (χ4n) is 3.34. The Balaban J connectivity index is 1.58. The third-order valence-corrected chi connectivity index (χ3v) is 5.19. The maximum absolute atomic E-state index is 6.10. The predicted molar refractivity (Wildman–Crippen MR) is 104 cm³/mol. The number of aryl methyl sites for hydroxylation is 1. The molecule has 24 heavy (non-hydrogen) atoms. The summed E-state index contributed by atoms with van der Waals surface area (Å²) in [5.74, 6) is 0. The second-order valence-electron chi connectivity index (χ2n) is 6.10. The van der Waals surface area contributed by atoms with Crippen molar-refractivity contribution in [1.82, 2.24) is 5.01 Å². The van der Waals surface area contributed by atoms with Gasteiger partial charge in [-0.25, -0.2) is 5.01 Å². The van der Waals surface area contributed by atoms with Gasteiger partial charge in [0.2, 0.25) is 0 Å². The monoisotopic (exact) mass is 355 g/mol. The zero-order valence-electron chi connectivity index (χ0n) is 13.3. The Morgan fingerprint density at radius 1 is 1.04 bits per heavy atom. The molecule has 0 fully saturated rings. The standard InChI is InChI=1S/C19H18ClN3S/c20-16-8-3-6-15(13-16)17-10-12-23(21-17)19(24)22-11-4-7-14-5-1-2-9-18(14)22/h1-3,5-6,8-9,13H,4,7,10-12H2. The van der Waals surface area contributed by atoms with Crippen LogP contribution in [0.25, 0.3) is 0 Å². The molecule has 2 heterocycles. The number of para-hydroxylation sites is 1. The minimum Gasteiger partial charge on any atom is -0.317 e. The summed E-state index contributed by atoms with van der Waals surface area (Å²) in [4.78, 5) is 2.22. The fraction of sp³-hybridized carbons (Fsp3) is 0.263. The summed E-state index contributed by atoms with van der Waals surface area (Å²) in [5.41, 5.74) is 4.71. The number of benzene rings is 2. The highest BCUT2D eigenvalue weighted by Crippen LogP contribution is 2.29. The van der Waals surface area contributed by atoms with Crippen molar-refractivity contribution < 1.29 is 0 Å². The van der Waals surface area contributed by atoms with E-state index < -0.39 is 0 Å². The van der Waals surface area contributed by atoms with E-state index in [1.807, 2.05) is 29.3 Å². The van der Waals surface area contributed by atoms with E-state index in [9.17, 15) is 0 Å². The van der Waals surface area contributed by atoms with Gasteiger partial charge >= 0.3 is 0 Å². The molecule has 0 saturated carbocycles. The quantitative estimate of drug-likeness (QED) is 0.702. The van der Waals surface area contributed by atoms with Crippen LogP contribution in [-0.2, 0) is 6.42 Å². The highest BCUT2D eigenvalue weighted by atomic mass is 35.5. The van der Waals surface area contributed by atoms with Gasteiger partial charge in [0.15, 0.2) is 5.11 Å². The average molecular weight is 356 g/mol. The summed E-state index contributed by atoms with van der Waals surface area (Å²) >= 11 is 11.9. The highest BCUT2D eigenvalue weighted by molar-refractivity contribution is 7.80. The van der Waals surface area contributed by atoms with Crippen molar-refractivity contribution in [3.8, 4) is 0 Å². The maximum atomic E-state index is 6.10. The molecule has 0 saturated heterocycles. The van der Waals surface area contributed by atoms with Crippen molar-refractivity contribution in [1.29, 1.82) is 0 Å². The normalized spacial score (nSPS) is 16.8. The number of hydrogen-bond donors (Lipinski definition) is 0. The summed E-state index contributed by atoms with van der Waals surface area (Å²) in [5, 5.41) is 8.24. The van der Waals surface area contributed by atoms with Crippen molar-refractivity contribution in [2.45, 2.75) is 19.3 Å². The highest BCUT2D eigenvalue weighted by Gasteiger charge is 2.26. The van der Waals surface area contributed by atoms with E-state index in [0.29, 0.717) is 0 Å². The number of thiocarbonyl (C=S) groups is 1. The molecule has 2 aromatic carbocycles. The molecule has 3 nitrogen and oxygen atoms in total. The number of anilines is 1. The van der Waals surface area contributed by atoms with Gasteiger partial charge in [0.1, 0.15) is 0 Å². The second kappa shape index (κ2) is 6.54. The Hall–Kier alpha value is -1.91. The molecule has 0 unspecified atom stereocenters. The van der Waals surface area contributed by atoms with E-state index in [2.05, 4.69) is 29.2 Å². The topological polar surface area (TPSA) is 18.8 Å². The SMILES string of the molecule is S=C(N1CCC(c2cccc(Cl)c2)=N1)N1CCCc2ccccc21. The first-order valence-electron chi connectivity index (χ1n) is 8.23. The molecule has 0 aromatic heterocycles. The molecule has 0 bridgehead atoms. The minimum absolute atomic E-state index is 0.737. The Labute approximate surface area is 152 Å². The molecule has 0 spiro atoms. The van der Waals surface area contributed by atoms with Crippen LogP contribution >= 0.6 is 23.8 Å². The van der Waals surface area contributed by atoms with Crippen LogP contribution in [0, 0.1) is 0 Å². The number of fused-ring (bicyclic) bond motifs is 1. The van der Waals surface area contributed by atoms with Gasteiger partial charge in [-0.3, -0.25) is 0 Å². The molecule has 0 atom stereocenters.